The van der Waals surface area contributed by atoms with Crippen LogP contribution in [-0.4, -0.2) is 18.9 Å². The van der Waals surface area contributed by atoms with E-state index in [4.69, 9.17) is 5.73 Å². The molecule has 0 saturated heterocycles. The maximum atomic E-state index is 12.5. The zero-order valence-corrected chi connectivity index (χ0v) is 12.0. The van der Waals surface area contributed by atoms with Crippen molar-refractivity contribution in [2.24, 2.45) is 11.7 Å². The zero-order valence-electron chi connectivity index (χ0n) is 12.0. The fourth-order valence-corrected chi connectivity index (χ4v) is 2.91. The van der Waals surface area contributed by atoms with Crippen LogP contribution in [0, 0.1) is 5.92 Å². The molecule has 0 aromatic heterocycles. The third-order valence-corrected chi connectivity index (χ3v) is 3.89. The summed E-state index contributed by atoms with van der Waals surface area (Å²) < 4.78 is 41.5. The van der Waals surface area contributed by atoms with Crippen LogP contribution in [0.5, 0.6) is 5.75 Å². The highest BCUT2D eigenvalue weighted by molar-refractivity contribution is 5.36. The summed E-state index contributed by atoms with van der Waals surface area (Å²) >= 11 is 0. The highest BCUT2D eigenvalue weighted by atomic mass is 19.4. The molecule has 3 unspecified atom stereocenters. The van der Waals surface area contributed by atoms with E-state index < -0.39 is 6.36 Å². The number of nitrogens with one attached hydrogen (secondary N) is 1. The second-order valence-corrected chi connectivity index (χ2v) is 5.66. The van der Waals surface area contributed by atoms with Crippen LogP contribution in [-0.2, 0) is 0 Å². The van der Waals surface area contributed by atoms with Crippen LogP contribution in [0.15, 0.2) is 24.3 Å². The molecule has 6 heteroatoms. The Morgan fingerprint density at radius 1 is 1.33 bits per heavy atom. The fraction of sp³-hybridized carbons (Fsp3) is 0.600. The minimum Gasteiger partial charge on any atom is -0.405 e. The van der Waals surface area contributed by atoms with Crippen molar-refractivity contribution >= 4 is 0 Å². The van der Waals surface area contributed by atoms with Gasteiger partial charge in [-0.25, -0.2) is 0 Å². The van der Waals surface area contributed by atoms with Gasteiger partial charge in [-0.1, -0.05) is 25.1 Å². The molecular formula is C15H21F3N2O. The lowest BCUT2D eigenvalue weighted by atomic mass is 10.0. The molecule has 1 aromatic rings. The molecule has 3 N–H and O–H groups in total. The molecule has 0 heterocycles. The standard InChI is InChI=1S/C15H21F3N2O/c1-10-6-7-11(8-10)20-13(9-19)12-4-2-3-5-14(12)21-15(16,17)18/h2-5,10-11,13,20H,6-9,19H2,1H3. The van der Waals surface area contributed by atoms with Gasteiger partial charge in [0.1, 0.15) is 5.75 Å². The Hall–Kier alpha value is -1.27. The summed E-state index contributed by atoms with van der Waals surface area (Å²) in [5, 5.41) is 3.37. The first-order valence-electron chi connectivity index (χ1n) is 7.20. The number of ether oxygens (including phenoxy) is 1. The lowest BCUT2D eigenvalue weighted by Gasteiger charge is -2.24. The number of para-hydroxylation sites is 1. The molecule has 0 spiro atoms. The molecule has 1 aliphatic rings. The minimum absolute atomic E-state index is 0.181. The SMILES string of the molecule is CC1CCC(NC(CN)c2ccccc2OC(F)(F)F)C1. The first-order chi connectivity index (χ1) is 9.89. The Balaban J connectivity index is 2.13. The van der Waals surface area contributed by atoms with Crippen LogP contribution in [0.2, 0.25) is 0 Å². The molecule has 1 saturated carbocycles. The second-order valence-electron chi connectivity index (χ2n) is 5.66. The van der Waals surface area contributed by atoms with Crippen LogP contribution >= 0.6 is 0 Å². The Labute approximate surface area is 122 Å². The van der Waals surface area contributed by atoms with Crippen molar-refractivity contribution in [3.63, 3.8) is 0 Å². The predicted octanol–water partition coefficient (Wildman–Crippen LogP) is 3.36. The minimum atomic E-state index is -4.70. The van der Waals surface area contributed by atoms with E-state index in [9.17, 15) is 13.2 Å². The van der Waals surface area contributed by atoms with Gasteiger partial charge in [-0.15, -0.1) is 13.2 Å². The average molecular weight is 302 g/mol. The van der Waals surface area contributed by atoms with Crippen molar-refractivity contribution in [1.29, 1.82) is 0 Å². The molecular weight excluding hydrogens is 281 g/mol. The fourth-order valence-electron chi connectivity index (χ4n) is 2.91. The summed E-state index contributed by atoms with van der Waals surface area (Å²) in [6, 6.07) is 6.14. The van der Waals surface area contributed by atoms with Crippen LogP contribution in [0.3, 0.4) is 0 Å². The second kappa shape index (κ2) is 6.66. The topological polar surface area (TPSA) is 47.3 Å². The number of hydrogen-bond donors (Lipinski definition) is 2. The van der Waals surface area contributed by atoms with Gasteiger partial charge >= 0.3 is 6.36 Å². The number of rotatable bonds is 5. The van der Waals surface area contributed by atoms with Crippen LogP contribution < -0.4 is 15.8 Å². The Bertz CT molecular complexity index is 464. The van der Waals surface area contributed by atoms with E-state index in [0.29, 0.717) is 17.5 Å². The van der Waals surface area contributed by atoms with Crippen LogP contribution in [0.1, 0.15) is 37.8 Å². The van der Waals surface area contributed by atoms with Crippen molar-refractivity contribution in [2.45, 2.75) is 44.6 Å². The van der Waals surface area contributed by atoms with Crippen LogP contribution in [0.25, 0.3) is 0 Å². The number of nitrogens with two attached hydrogens (primary N) is 1. The number of alkyl halides is 3. The van der Waals surface area contributed by atoms with E-state index in [1.807, 2.05) is 0 Å². The van der Waals surface area contributed by atoms with Crippen molar-refractivity contribution in [2.75, 3.05) is 6.54 Å². The maximum absolute atomic E-state index is 12.5. The highest BCUT2D eigenvalue weighted by Gasteiger charge is 2.33. The summed E-state index contributed by atoms with van der Waals surface area (Å²) in [5.74, 6) is 0.460. The number of hydrogen-bond acceptors (Lipinski definition) is 3. The van der Waals surface area contributed by atoms with Crippen molar-refractivity contribution in [3.8, 4) is 5.75 Å². The van der Waals surface area contributed by atoms with Gasteiger partial charge in [0, 0.05) is 24.2 Å². The molecule has 1 aliphatic carbocycles. The molecule has 2 rings (SSSR count). The first-order valence-corrected chi connectivity index (χ1v) is 7.20. The van der Waals surface area contributed by atoms with Gasteiger partial charge < -0.3 is 15.8 Å². The van der Waals surface area contributed by atoms with Gasteiger partial charge in [0.15, 0.2) is 0 Å². The summed E-state index contributed by atoms with van der Waals surface area (Å²) in [4.78, 5) is 0. The normalized spacial score (nSPS) is 24.0. The Morgan fingerprint density at radius 3 is 2.62 bits per heavy atom. The average Bonchev–Trinajstić information content (AvgIpc) is 2.81. The molecule has 0 amide bonds. The van der Waals surface area contributed by atoms with Gasteiger partial charge in [-0.05, 0) is 31.2 Å². The van der Waals surface area contributed by atoms with E-state index in [-0.39, 0.29) is 18.3 Å². The molecule has 1 aromatic carbocycles. The summed E-state index contributed by atoms with van der Waals surface area (Å²) in [6.45, 7) is 2.41. The van der Waals surface area contributed by atoms with Crippen LogP contribution in [0.4, 0.5) is 13.2 Å². The monoisotopic (exact) mass is 302 g/mol. The molecule has 118 valence electrons. The number of halogens is 3. The van der Waals surface area contributed by atoms with Crippen molar-refractivity contribution < 1.29 is 17.9 Å². The smallest absolute Gasteiger partial charge is 0.405 e. The van der Waals surface area contributed by atoms with Gasteiger partial charge in [0.05, 0.1) is 0 Å². The van der Waals surface area contributed by atoms with E-state index in [0.717, 1.165) is 19.3 Å². The molecule has 0 radical (unpaired) electrons. The highest BCUT2D eigenvalue weighted by Crippen LogP contribution is 2.32. The zero-order chi connectivity index (χ0) is 15.5. The molecule has 3 nitrogen and oxygen atoms in total. The Kier molecular flexibility index (Phi) is 5.11. The maximum Gasteiger partial charge on any atom is 0.573 e. The van der Waals surface area contributed by atoms with Gasteiger partial charge in [0.2, 0.25) is 0 Å². The molecule has 0 bridgehead atoms. The lowest BCUT2D eigenvalue weighted by Crippen LogP contribution is -2.35. The first kappa shape index (κ1) is 16.1. The predicted molar refractivity (Wildman–Crippen MR) is 74.9 cm³/mol. The van der Waals surface area contributed by atoms with Crippen molar-refractivity contribution in [3.05, 3.63) is 29.8 Å². The molecule has 21 heavy (non-hydrogen) atoms. The van der Waals surface area contributed by atoms with Gasteiger partial charge in [-0.2, -0.15) is 0 Å². The molecule has 0 aliphatic heterocycles. The van der Waals surface area contributed by atoms with Gasteiger partial charge in [0.25, 0.3) is 0 Å². The summed E-state index contributed by atoms with van der Waals surface area (Å²) in [6.07, 6.45) is -1.51. The van der Waals surface area contributed by atoms with E-state index in [2.05, 4.69) is 17.0 Å². The third-order valence-electron chi connectivity index (χ3n) is 3.89. The molecule has 3 atom stereocenters. The quantitative estimate of drug-likeness (QED) is 0.876. The Morgan fingerprint density at radius 2 is 2.05 bits per heavy atom. The third kappa shape index (κ3) is 4.61. The largest absolute Gasteiger partial charge is 0.573 e. The molecule has 1 fully saturated rings. The lowest BCUT2D eigenvalue weighted by molar-refractivity contribution is -0.275. The number of benzene rings is 1. The van der Waals surface area contributed by atoms with E-state index in [1.165, 1.54) is 12.1 Å². The van der Waals surface area contributed by atoms with Crippen molar-refractivity contribution in [1.82, 2.24) is 5.32 Å². The van der Waals surface area contributed by atoms with Gasteiger partial charge in [-0.3, -0.25) is 0 Å². The van der Waals surface area contributed by atoms with E-state index >= 15 is 0 Å². The summed E-state index contributed by atoms with van der Waals surface area (Å²) in [5.41, 5.74) is 6.21. The van der Waals surface area contributed by atoms with E-state index in [1.54, 1.807) is 12.1 Å². The summed E-state index contributed by atoms with van der Waals surface area (Å²) in [7, 11) is 0.